The van der Waals surface area contributed by atoms with Gasteiger partial charge in [-0.05, 0) is 27.7 Å². The van der Waals surface area contributed by atoms with Gasteiger partial charge in [-0.15, -0.1) is 10.3 Å². The van der Waals surface area contributed by atoms with Crippen molar-refractivity contribution < 1.29 is 15.1 Å². The molecule has 3 N–H and O–H groups in total. The number of carboxylic acids is 1. The molecule has 1 fully saturated rings. The van der Waals surface area contributed by atoms with E-state index in [-0.39, 0.29) is 0 Å². The Labute approximate surface area is 83.5 Å². The van der Waals surface area contributed by atoms with Crippen LogP contribution in [-0.2, 0) is 10.0 Å². The smallest absolute Gasteiger partial charge is 0.310 e. The van der Waals surface area contributed by atoms with Crippen LogP contribution in [0.25, 0.3) is 0 Å². The molecule has 1 aliphatic rings. The van der Waals surface area contributed by atoms with Gasteiger partial charge in [-0.2, -0.15) is 0 Å². The lowest BCUT2D eigenvalue weighted by Crippen LogP contribution is -2.49. The summed E-state index contributed by atoms with van der Waals surface area (Å²) in [5.74, 6) is -1.83. The van der Waals surface area contributed by atoms with E-state index in [9.17, 15) is 10.0 Å². The molecule has 0 amide bonds. The maximum atomic E-state index is 11.8. The summed E-state index contributed by atoms with van der Waals surface area (Å²) < 4.78 is 0. The molecule has 81 valence electrons. The minimum atomic E-state index is -1.01. The minimum absolute atomic E-state index is 0.646. The molecule has 1 heterocycles. The summed E-state index contributed by atoms with van der Waals surface area (Å²) >= 11 is 0. The van der Waals surface area contributed by atoms with Crippen LogP contribution < -0.4 is 5.73 Å². The average molecular weight is 201 g/mol. The first-order valence-corrected chi connectivity index (χ1v) is 4.59. The van der Waals surface area contributed by atoms with Crippen molar-refractivity contribution in [2.75, 3.05) is 0 Å². The fraction of sp³-hybridized carbons (Fsp3) is 0.889. The number of nitrogens with two attached hydrogens (primary N) is 1. The van der Waals surface area contributed by atoms with Crippen LogP contribution in [0.4, 0.5) is 0 Å². The minimum Gasteiger partial charge on any atom is -0.481 e. The third-order valence-corrected chi connectivity index (χ3v) is 3.25. The van der Waals surface area contributed by atoms with Gasteiger partial charge < -0.3 is 10.8 Å². The zero-order chi connectivity index (χ0) is 11.3. The summed E-state index contributed by atoms with van der Waals surface area (Å²) in [5.41, 5.74) is 4.02. The molecule has 1 radical (unpaired) electrons. The van der Waals surface area contributed by atoms with Gasteiger partial charge in [-0.3, -0.25) is 4.79 Å². The van der Waals surface area contributed by atoms with Gasteiger partial charge in [0.15, 0.2) is 0 Å². The normalized spacial score (nSPS) is 35.9. The summed E-state index contributed by atoms with van der Waals surface area (Å²) in [7, 11) is 0. The van der Waals surface area contributed by atoms with E-state index in [1.54, 1.807) is 27.7 Å². The standard InChI is InChI=1S/C9H17N2O3/c1-8(2)5(7(12)13)6(10)9(3,4)11(8)14/h5-6H,10H2,1-4H3,(H,12,13)/t5-,6+/m0/s1. The topological polar surface area (TPSA) is 86.5 Å². The summed E-state index contributed by atoms with van der Waals surface area (Å²) in [4.78, 5) is 11.0. The lowest BCUT2D eigenvalue weighted by molar-refractivity contribution is -0.249. The van der Waals surface area contributed by atoms with Gasteiger partial charge in [-0.1, -0.05) is 0 Å². The van der Waals surface area contributed by atoms with Crippen molar-refractivity contribution in [1.29, 1.82) is 0 Å². The summed E-state index contributed by atoms with van der Waals surface area (Å²) in [6.45, 7) is 6.59. The molecule has 0 bridgehead atoms. The SMILES string of the molecule is CC1(C)[C@H](N)[C@@H](C(=O)O)C(C)(C)N1[O]. The third-order valence-electron chi connectivity index (χ3n) is 3.25. The van der Waals surface area contributed by atoms with Crippen LogP contribution in [0.2, 0.25) is 0 Å². The van der Waals surface area contributed by atoms with E-state index in [2.05, 4.69) is 0 Å². The molecule has 0 aromatic heterocycles. The number of hydrogen-bond donors (Lipinski definition) is 2. The Hall–Kier alpha value is -0.650. The second kappa shape index (κ2) is 2.92. The number of rotatable bonds is 1. The fourth-order valence-electron chi connectivity index (χ4n) is 2.31. The van der Waals surface area contributed by atoms with Crippen LogP contribution in [0.1, 0.15) is 27.7 Å². The molecule has 0 saturated carbocycles. The van der Waals surface area contributed by atoms with E-state index in [1.165, 1.54) is 0 Å². The number of aliphatic carboxylic acids is 1. The molecule has 2 atom stereocenters. The summed E-state index contributed by atoms with van der Waals surface area (Å²) in [5, 5.41) is 21.7. The van der Waals surface area contributed by atoms with E-state index in [0.717, 1.165) is 5.06 Å². The first kappa shape index (κ1) is 11.4. The molecule has 0 unspecified atom stereocenters. The van der Waals surface area contributed by atoms with Gasteiger partial charge in [0.05, 0.1) is 17.0 Å². The summed E-state index contributed by atoms with van der Waals surface area (Å²) in [6.07, 6.45) is 0. The number of hydrogen-bond acceptors (Lipinski definition) is 3. The second-order valence-electron chi connectivity index (χ2n) is 4.94. The average Bonchev–Trinajstić information content (AvgIpc) is 2.10. The highest BCUT2D eigenvalue weighted by Crippen LogP contribution is 2.42. The highest BCUT2D eigenvalue weighted by molar-refractivity contribution is 5.73. The van der Waals surface area contributed by atoms with Gasteiger partial charge in [-0.25, -0.2) is 0 Å². The molecule has 1 saturated heterocycles. The quantitative estimate of drug-likeness (QED) is 0.636. The van der Waals surface area contributed by atoms with E-state index >= 15 is 0 Å². The van der Waals surface area contributed by atoms with Crippen molar-refractivity contribution in [1.82, 2.24) is 5.06 Å². The van der Waals surface area contributed by atoms with Gasteiger partial charge in [0.1, 0.15) is 0 Å². The van der Waals surface area contributed by atoms with Crippen LogP contribution in [0, 0.1) is 5.92 Å². The Bertz CT molecular complexity index is 263. The Kier molecular flexibility index (Phi) is 2.38. The zero-order valence-electron chi connectivity index (χ0n) is 8.94. The zero-order valence-corrected chi connectivity index (χ0v) is 8.94. The molecule has 5 nitrogen and oxygen atoms in total. The molecule has 1 aliphatic heterocycles. The van der Waals surface area contributed by atoms with Crippen LogP contribution in [0.3, 0.4) is 0 Å². The molecule has 0 spiro atoms. The monoisotopic (exact) mass is 201 g/mol. The highest BCUT2D eigenvalue weighted by Gasteiger charge is 2.60. The van der Waals surface area contributed by atoms with Crippen LogP contribution in [0.5, 0.6) is 0 Å². The first-order valence-electron chi connectivity index (χ1n) is 4.59. The summed E-state index contributed by atoms with van der Waals surface area (Å²) in [6, 6.07) is -0.646. The number of carboxylic acid groups (broad SMARTS) is 1. The van der Waals surface area contributed by atoms with Crippen molar-refractivity contribution in [2.45, 2.75) is 44.8 Å². The van der Waals surface area contributed by atoms with Gasteiger partial charge >= 0.3 is 5.97 Å². The van der Waals surface area contributed by atoms with E-state index in [1.807, 2.05) is 0 Å². The first-order chi connectivity index (χ1) is 6.13. The van der Waals surface area contributed by atoms with E-state index in [4.69, 9.17) is 10.8 Å². The van der Waals surface area contributed by atoms with Crippen molar-refractivity contribution in [3.63, 3.8) is 0 Å². The molecule has 0 aliphatic carbocycles. The number of hydroxylamine groups is 2. The van der Waals surface area contributed by atoms with Crippen molar-refractivity contribution in [2.24, 2.45) is 11.7 Å². The van der Waals surface area contributed by atoms with E-state index in [0.29, 0.717) is 0 Å². The van der Waals surface area contributed by atoms with Gasteiger partial charge in [0, 0.05) is 6.04 Å². The van der Waals surface area contributed by atoms with E-state index < -0.39 is 29.0 Å². The molecule has 14 heavy (non-hydrogen) atoms. The van der Waals surface area contributed by atoms with Crippen LogP contribution in [0.15, 0.2) is 0 Å². The predicted molar refractivity (Wildman–Crippen MR) is 49.8 cm³/mol. The number of carbonyl (C=O) groups is 1. The largest absolute Gasteiger partial charge is 0.481 e. The molecule has 5 heteroatoms. The van der Waals surface area contributed by atoms with Gasteiger partial charge in [0.2, 0.25) is 0 Å². The predicted octanol–water partition coefficient (Wildman–Crippen LogP) is 0.233. The lowest BCUT2D eigenvalue weighted by Gasteiger charge is -2.32. The van der Waals surface area contributed by atoms with Crippen LogP contribution >= 0.6 is 0 Å². The molecule has 1 rings (SSSR count). The molecular formula is C9H17N2O3. The molecule has 0 aromatic carbocycles. The third kappa shape index (κ3) is 1.24. The van der Waals surface area contributed by atoms with Crippen LogP contribution in [-0.4, -0.2) is 33.3 Å². The maximum Gasteiger partial charge on any atom is 0.310 e. The van der Waals surface area contributed by atoms with Crippen molar-refractivity contribution in [3.05, 3.63) is 0 Å². The Balaban J connectivity index is 3.16. The fourth-order valence-corrected chi connectivity index (χ4v) is 2.31. The van der Waals surface area contributed by atoms with Gasteiger partial charge in [0.25, 0.3) is 0 Å². The van der Waals surface area contributed by atoms with Crippen molar-refractivity contribution >= 4 is 5.97 Å². The highest BCUT2D eigenvalue weighted by atomic mass is 16.5. The lowest BCUT2D eigenvalue weighted by atomic mass is 9.83. The maximum absolute atomic E-state index is 11.8. The molecular weight excluding hydrogens is 184 g/mol. The number of nitrogens with zero attached hydrogens (tertiary/aromatic N) is 1. The van der Waals surface area contributed by atoms with Crippen molar-refractivity contribution in [3.8, 4) is 0 Å². The Morgan fingerprint density at radius 3 is 1.86 bits per heavy atom. The Morgan fingerprint density at radius 2 is 1.71 bits per heavy atom. The second-order valence-corrected chi connectivity index (χ2v) is 4.94. The molecule has 0 aromatic rings. The Morgan fingerprint density at radius 1 is 1.29 bits per heavy atom.